The van der Waals surface area contributed by atoms with Crippen molar-refractivity contribution in [1.29, 1.82) is 0 Å². The highest BCUT2D eigenvalue weighted by Gasteiger charge is 2.50. The Morgan fingerprint density at radius 3 is 1.86 bits per heavy atom. The standard InChI is InChI=1S/C19H12Cl4O5S/c20-12-3-1-2-10(4-12)19(29(26,27)28,11-5-13(24)7-14(25)6-11)15-8-17(22)18(23)9-16(15)21/h1-9,24-25H,(H,26,27,28). The van der Waals surface area contributed by atoms with E-state index in [4.69, 9.17) is 46.4 Å². The fourth-order valence-corrected chi connectivity index (χ4v) is 5.43. The molecular formula is C19H12Cl4O5S. The van der Waals surface area contributed by atoms with E-state index in [-0.39, 0.29) is 36.8 Å². The van der Waals surface area contributed by atoms with E-state index in [0.29, 0.717) is 0 Å². The number of halogens is 4. The molecule has 0 spiro atoms. The van der Waals surface area contributed by atoms with E-state index in [1.807, 2.05) is 0 Å². The molecule has 5 nitrogen and oxygen atoms in total. The molecule has 10 heteroatoms. The second-order valence-corrected chi connectivity index (χ2v) is 9.37. The Labute approximate surface area is 186 Å². The summed E-state index contributed by atoms with van der Waals surface area (Å²) >= 11 is 24.5. The van der Waals surface area contributed by atoms with E-state index in [0.717, 1.165) is 18.2 Å². The highest BCUT2D eigenvalue weighted by Crippen LogP contribution is 2.49. The summed E-state index contributed by atoms with van der Waals surface area (Å²) in [5.41, 5.74) is -0.346. The molecule has 29 heavy (non-hydrogen) atoms. The maximum atomic E-state index is 13.0. The second-order valence-electron chi connectivity index (χ2n) is 6.15. The lowest BCUT2D eigenvalue weighted by molar-refractivity contribution is 0.444. The van der Waals surface area contributed by atoms with Crippen LogP contribution >= 0.6 is 46.4 Å². The minimum atomic E-state index is -5.06. The summed E-state index contributed by atoms with van der Waals surface area (Å²) in [7, 11) is -5.06. The van der Waals surface area contributed by atoms with Gasteiger partial charge in [0.25, 0.3) is 10.1 Å². The van der Waals surface area contributed by atoms with Gasteiger partial charge >= 0.3 is 0 Å². The van der Waals surface area contributed by atoms with Crippen LogP contribution in [-0.4, -0.2) is 23.2 Å². The van der Waals surface area contributed by atoms with Crippen molar-refractivity contribution in [2.75, 3.05) is 0 Å². The van der Waals surface area contributed by atoms with Crippen molar-refractivity contribution in [1.82, 2.24) is 0 Å². The zero-order valence-electron chi connectivity index (χ0n) is 14.3. The van der Waals surface area contributed by atoms with E-state index >= 15 is 0 Å². The lowest BCUT2D eigenvalue weighted by atomic mass is 9.83. The van der Waals surface area contributed by atoms with Gasteiger partial charge in [0.15, 0.2) is 4.75 Å². The van der Waals surface area contributed by atoms with Crippen molar-refractivity contribution < 1.29 is 23.2 Å². The fourth-order valence-electron chi connectivity index (χ4n) is 3.21. The minimum Gasteiger partial charge on any atom is -0.508 e. The lowest BCUT2D eigenvalue weighted by Gasteiger charge is -2.33. The zero-order valence-corrected chi connectivity index (χ0v) is 18.1. The Balaban J connectivity index is 2.60. The molecule has 1 atom stereocenters. The number of phenolic OH excluding ortho intramolecular Hbond substituents is 2. The summed E-state index contributed by atoms with van der Waals surface area (Å²) in [5, 5.41) is 20.1. The summed E-state index contributed by atoms with van der Waals surface area (Å²) in [6, 6.07) is 11.3. The number of hydrogen-bond acceptors (Lipinski definition) is 4. The molecule has 0 aliphatic carbocycles. The SMILES string of the molecule is O=S(=O)(O)C(c1cc(O)cc(O)c1)(c1cccc(Cl)c1)c1cc(Cl)c(Cl)cc1Cl. The van der Waals surface area contributed by atoms with Gasteiger partial charge in [-0.25, -0.2) is 0 Å². The van der Waals surface area contributed by atoms with Crippen LogP contribution in [0.1, 0.15) is 16.7 Å². The Hall–Kier alpha value is -1.67. The molecule has 0 aliphatic rings. The van der Waals surface area contributed by atoms with Gasteiger partial charge in [0.1, 0.15) is 11.5 Å². The highest BCUT2D eigenvalue weighted by molar-refractivity contribution is 7.87. The van der Waals surface area contributed by atoms with Crippen LogP contribution in [-0.2, 0) is 14.9 Å². The van der Waals surface area contributed by atoms with Gasteiger partial charge in [0, 0.05) is 21.7 Å². The quantitative estimate of drug-likeness (QED) is 0.239. The van der Waals surface area contributed by atoms with Crippen LogP contribution in [0.15, 0.2) is 54.6 Å². The van der Waals surface area contributed by atoms with Crippen molar-refractivity contribution >= 4 is 56.5 Å². The predicted molar refractivity (Wildman–Crippen MR) is 114 cm³/mol. The monoisotopic (exact) mass is 492 g/mol. The maximum Gasteiger partial charge on any atom is 0.283 e. The summed E-state index contributed by atoms with van der Waals surface area (Å²) in [6.07, 6.45) is 0. The van der Waals surface area contributed by atoms with E-state index in [2.05, 4.69) is 0 Å². The first kappa shape index (κ1) is 22.0. The van der Waals surface area contributed by atoms with Crippen LogP contribution in [0.4, 0.5) is 0 Å². The highest BCUT2D eigenvalue weighted by atomic mass is 35.5. The second kappa shape index (κ2) is 7.87. The van der Waals surface area contributed by atoms with Crippen molar-refractivity contribution in [3.8, 4) is 11.5 Å². The Morgan fingerprint density at radius 1 is 0.724 bits per heavy atom. The molecule has 152 valence electrons. The predicted octanol–water partition coefficient (Wildman–Crippen LogP) is 5.89. The topological polar surface area (TPSA) is 94.8 Å². The zero-order chi connectivity index (χ0) is 21.6. The van der Waals surface area contributed by atoms with Crippen molar-refractivity contribution in [2.24, 2.45) is 0 Å². The van der Waals surface area contributed by atoms with Crippen LogP contribution < -0.4 is 0 Å². The van der Waals surface area contributed by atoms with Gasteiger partial charge in [0.05, 0.1) is 10.0 Å². The average molecular weight is 494 g/mol. The third-order valence-electron chi connectivity index (χ3n) is 4.32. The maximum absolute atomic E-state index is 13.0. The smallest absolute Gasteiger partial charge is 0.283 e. The molecule has 0 bridgehead atoms. The third kappa shape index (κ3) is 3.89. The van der Waals surface area contributed by atoms with Crippen LogP contribution in [0.2, 0.25) is 20.1 Å². The molecule has 0 heterocycles. The molecule has 0 aromatic heterocycles. The summed E-state index contributed by atoms with van der Waals surface area (Å²) in [4.78, 5) is 0. The van der Waals surface area contributed by atoms with Gasteiger partial charge in [-0.05, 0) is 47.5 Å². The number of benzene rings is 3. The van der Waals surface area contributed by atoms with Gasteiger partial charge < -0.3 is 10.2 Å². The summed E-state index contributed by atoms with van der Waals surface area (Å²) in [6.45, 7) is 0. The first-order valence-electron chi connectivity index (χ1n) is 7.88. The molecule has 3 N–H and O–H groups in total. The molecule has 3 aromatic carbocycles. The van der Waals surface area contributed by atoms with Gasteiger partial charge in [0.2, 0.25) is 0 Å². The normalized spacial score (nSPS) is 13.8. The molecule has 3 aromatic rings. The van der Waals surface area contributed by atoms with Crippen molar-refractivity contribution in [3.05, 3.63) is 91.4 Å². The Bertz CT molecular complexity index is 1190. The average Bonchev–Trinajstić information content (AvgIpc) is 2.58. The van der Waals surface area contributed by atoms with Crippen LogP contribution in [0, 0.1) is 0 Å². The summed E-state index contributed by atoms with van der Waals surface area (Å²) < 4.78 is 34.0. The summed E-state index contributed by atoms with van der Waals surface area (Å²) in [5.74, 6) is -0.877. The van der Waals surface area contributed by atoms with E-state index in [9.17, 15) is 23.2 Å². The van der Waals surface area contributed by atoms with Gasteiger partial charge in [-0.1, -0.05) is 58.5 Å². The fraction of sp³-hybridized carbons (Fsp3) is 0.0526. The molecule has 0 fully saturated rings. The largest absolute Gasteiger partial charge is 0.508 e. The molecule has 0 aliphatic heterocycles. The van der Waals surface area contributed by atoms with Gasteiger partial charge in [-0.3, -0.25) is 4.55 Å². The molecular weight excluding hydrogens is 482 g/mol. The first-order valence-corrected chi connectivity index (χ1v) is 10.8. The molecule has 3 rings (SSSR count). The Kier molecular flexibility index (Phi) is 5.98. The Morgan fingerprint density at radius 2 is 1.31 bits per heavy atom. The molecule has 0 saturated carbocycles. The number of aromatic hydroxyl groups is 2. The van der Waals surface area contributed by atoms with Crippen LogP contribution in [0.3, 0.4) is 0 Å². The first-order chi connectivity index (χ1) is 13.5. The van der Waals surface area contributed by atoms with Crippen molar-refractivity contribution in [3.63, 3.8) is 0 Å². The van der Waals surface area contributed by atoms with E-state index in [1.54, 1.807) is 0 Å². The van der Waals surface area contributed by atoms with Crippen LogP contribution in [0.5, 0.6) is 11.5 Å². The van der Waals surface area contributed by atoms with E-state index < -0.39 is 26.4 Å². The molecule has 0 amide bonds. The molecule has 0 radical (unpaired) electrons. The van der Waals surface area contributed by atoms with Crippen molar-refractivity contribution in [2.45, 2.75) is 4.75 Å². The number of hydrogen-bond donors (Lipinski definition) is 3. The molecule has 0 saturated heterocycles. The van der Waals surface area contributed by atoms with Gasteiger partial charge in [-0.15, -0.1) is 0 Å². The van der Waals surface area contributed by atoms with Crippen LogP contribution in [0.25, 0.3) is 0 Å². The number of rotatable bonds is 4. The lowest BCUT2D eigenvalue weighted by Crippen LogP contribution is -2.38. The minimum absolute atomic E-state index is 0.00205. The third-order valence-corrected chi connectivity index (χ3v) is 7.05. The number of phenols is 2. The van der Waals surface area contributed by atoms with Gasteiger partial charge in [-0.2, -0.15) is 8.42 Å². The van der Waals surface area contributed by atoms with E-state index in [1.165, 1.54) is 36.4 Å². The molecule has 1 unspecified atom stereocenters.